The second kappa shape index (κ2) is 70.9. The zero-order valence-electron chi connectivity index (χ0n) is 65.4. The summed E-state index contributed by atoms with van der Waals surface area (Å²) in [6, 6.07) is -0.916. The summed E-state index contributed by atoms with van der Waals surface area (Å²) in [5, 5.41) is 87.8. The molecule has 0 radical (unpaired) electrons. The first-order valence-electron chi connectivity index (χ1n) is 43.4. The van der Waals surface area contributed by atoms with Crippen molar-refractivity contribution < 1.29 is 64.6 Å². The standard InChI is InChI=1S/C87H163NO13/c1-3-5-7-9-11-13-15-17-19-21-23-25-27-29-31-33-34-35-36-37-38-39-40-41-42-43-45-47-49-51-53-55-57-59-61-63-65-67-69-71-79(92)88-75(74-98-86-84(97)82(95)85(78(73-90)100-86)101-87-83(96)81(94)80(93)77(72-89)99-87)76(91)70-68-66-64-62-60-58-56-54-52-50-48-46-44-32-30-28-26-24-22-20-18-16-14-12-10-8-6-4-2/h15,17,21,23,27,29,68,70,75-78,80-87,89-91,93-97H,3-14,16,18-20,22,24-26,28,30-67,69,71-74H2,1-2H3,(H,88,92)/b17-15-,23-21-,29-27-,70-68+. The molecule has 101 heavy (non-hydrogen) atoms. The molecular weight excluding hydrogens is 1270 g/mol. The summed E-state index contributed by atoms with van der Waals surface area (Å²) in [5.74, 6) is -0.231. The highest BCUT2D eigenvalue weighted by molar-refractivity contribution is 5.76. The summed E-state index contributed by atoms with van der Waals surface area (Å²) in [6.07, 6.45) is 79.3. The molecule has 1 amide bonds. The van der Waals surface area contributed by atoms with Crippen molar-refractivity contribution in [3.63, 3.8) is 0 Å². The van der Waals surface area contributed by atoms with Crippen LogP contribution in [-0.4, -0.2) is 140 Å². The topological polar surface area (TPSA) is 228 Å². The van der Waals surface area contributed by atoms with Crippen LogP contribution in [0.15, 0.2) is 48.6 Å². The Hall–Kier alpha value is -2.05. The number of hydrogen-bond acceptors (Lipinski definition) is 13. The molecule has 0 spiro atoms. The number of hydrogen-bond donors (Lipinski definition) is 9. The fourth-order valence-electron chi connectivity index (χ4n) is 14.4. The van der Waals surface area contributed by atoms with Crippen LogP contribution in [0.1, 0.15) is 406 Å². The molecule has 9 N–H and O–H groups in total. The van der Waals surface area contributed by atoms with Crippen molar-refractivity contribution >= 4 is 5.91 Å². The van der Waals surface area contributed by atoms with Gasteiger partial charge in [-0.2, -0.15) is 0 Å². The molecule has 2 heterocycles. The highest BCUT2D eigenvalue weighted by Crippen LogP contribution is 2.31. The van der Waals surface area contributed by atoms with E-state index in [1.165, 1.54) is 327 Å². The van der Waals surface area contributed by atoms with Crippen LogP contribution in [0.2, 0.25) is 0 Å². The van der Waals surface area contributed by atoms with E-state index in [-0.39, 0.29) is 18.9 Å². The lowest BCUT2D eigenvalue weighted by molar-refractivity contribution is -0.359. The number of aliphatic hydroxyl groups excluding tert-OH is 8. The Bertz CT molecular complexity index is 1880. The van der Waals surface area contributed by atoms with E-state index in [0.717, 1.165) is 51.4 Å². The third-order valence-electron chi connectivity index (χ3n) is 21.3. The van der Waals surface area contributed by atoms with Crippen LogP contribution in [0.3, 0.4) is 0 Å². The summed E-state index contributed by atoms with van der Waals surface area (Å²) in [6.45, 7) is 2.86. The molecule has 0 saturated carbocycles. The molecule has 0 aromatic rings. The van der Waals surface area contributed by atoms with Gasteiger partial charge in [-0.15, -0.1) is 0 Å². The lowest BCUT2D eigenvalue weighted by Crippen LogP contribution is -2.65. The average molecular weight is 1430 g/mol. The molecule has 594 valence electrons. The molecule has 12 unspecified atom stereocenters. The van der Waals surface area contributed by atoms with Crippen LogP contribution in [0.25, 0.3) is 0 Å². The quantitative estimate of drug-likeness (QED) is 0.0204. The van der Waals surface area contributed by atoms with Crippen molar-refractivity contribution in [3.05, 3.63) is 48.6 Å². The molecule has 0 bridgehead atoms. The Morgan fingerprint density at radius 3 is 1.00 bits per heavy atom. The smallest absolute Gasteiger partial charge is 0.220 e. The third-order valence-corrected chi connectivity index (χ3v) is 21.3. The van der Waals surface area contributed by atoms with Crippen LogP contribution >= 0.6 is 0 Å². The van der Waals surface area contributed by atoms with Crippen molar-refractivity contribution in [2.75, 3.05) is 19.8 Å². The van der Waals surface area contributed by atoms with Gasteiger partial charge in [-0.1, -0.05) is 390 Å². The average Bonchev–Trinajstić information content (AvgIpc) is 0.790. The molecule has 2 saturated heterocycles. The third kappa shape index (κ3) is 53.4. The Morgan fingerprint density at radius 1 is 0.356 bits per heavy atom. The maximum absolute atomic E-state index is 13.4. The molecule has 12 atom stereocenters. The van der Waals surface area contributed by atoms with E-state index in [2.05, 4.69) is 55.6 Å². The first kappa shape index (κ1) is 95.0. The van der Waals surface area contributed by atoms with Crippen LogP contribution in [0, 0.1) is 0 Å². The number of carbonyl (C=O) groups is 1. The van der Waals surface area contributed by atoms with Gasteiger partial charge in [0.15, 0.2) is 12.6 Å². The van der Waals surface area contributed by atoms with Gasteiger partial charge in [0.05, 0.1) is 32.0 Å². The van der Waals surface area contributed by atoms with E-state index < -0.39 is 86.8 Å². The SMILES string of the molecule is CCCCCCC/C=C\C/C=C\C/C=C\CCCCCCCCCCCCCCCCCCCCCCCCCCC(=O)NC(COC1OC(CO)C(OC2OC(CO)C(O)C(O)C2O)C(O)C1O)C(O)/C=C/CCCCCCCCCCCCCCCCCCCCCCCCCCCC. The molecule has 14 nitrogen and oxygen atoms in total. The highest BCUT2D eigenvalue weighted by Gasteiger charge is 2.51. The van der Waals surface area contributed by atoms with E-state index in [1.807, 2.05) is 6.08 Å². The van der Waals surface area contributed by atoms with E-state index in [9.17, 15) is 45.6 Å². The van der Waals surface area contributed by atoms with Gasteiger partial charge in [0.1, 0.15) is 48.8 Å². The van der Waals surface area contributed by atoms with Gasteiger partial charge in [0.2, 0.25) is 5.91 Å². The maximum atomic E-state index is 13.4. The number of nitrogens with one attached hydrogen (secondary N) is 1. The normalized spacial score (nSPS) is 21.9. The van der Waals surface area contributed by atoms with Crippen molar-refractivity contribution in [1.29, 1.82) is 0 Å². The van der Waals surface area contributed by atoms with Crippen LogP contribution in [0.5, 0.6) is 0 Å². The van der Waals surface area contributed by atoms with Gasteiger partial charge in [0.25, 0.3) is 0 Å². The monoisotopic (exact) mass is 1430 g/mol. The number of rotatable bonds is 74. The van der Waals surface area contributed by atoms with Crippen LogP contribution < -0.4 is 5.32 Å². The molecule has 0 aromatic carbocycles. The van der Waals surface area contributed by atoms with Gasteiger partial charge in [-0.05, 0) is 57.8 Å². The molecule has 2 rings (SSSR count). The number of ether oxygens (including phenoxy) is 4. The van der Waals surface area contributed by atoms with Crippen molar-refractivity contribution in [3.8, 4) is 0 Å². The minimum atomic E-state index is -1.79. The molecule has 14 heteroatoms. The van der Waals surface area contributed by atoms with Crippen molar-refractivity contribution in [2.45, 2.75) is 479 Å². The molecular formula is C87H163NO13. The first-order valence-corrected chi connectivity index (χ1v) is 43.4. The molecule has 2 aliphatic rings. The summed E-state index contributed by atoms with van der Waals surface area (Å²) in [5.41, 5.74) is 0. The van der Waals surface area contributed by atoms with Gasteiger partial charge in [-0.3, -0.25) is 4.79 Å². The number of allylic oxidation sites excluding steroid dienone is 7. The Labute approximate surface area is 620 Å². The Balaban J connectivity index is 1.57. The summed E-state index contributed by atoms with van der Waals surface area (Å²) < 4.78 is 23.0. The Kier molecular flexibility index (Phi) is 66.7. The fourth-order valence-corrected chi connectivity index (χ4v) is 14.4. The minimum absolute atomic E-state index is 0.231. The molecule has 2 fully saturated rings. The fraction of sp³-hybridized carbons (Fsp3) is 0.897. The second-order valence-electron chi connectivity index (χ2n) is 30.7. The Morgan fingerprint density at radius 2 is 0.653 bits per heavy atom. The van der Waals surface area contributed by atoms with Gasteiger partial charge in [-0.25, -0.2) is 0 Å². The predicted molar refractivity (Wildman–Crippen MR) is 420 cm³/mol. The van der Waals surface area contributed by atoms with Gasteiger partial charge in [0, 0.05) is 6.42 Å². The predicted octanol–water partition coefficient (Wildman–Crippen LogP) is 20.5. The molecule has 0 aromatic heterocycles. The lowest BCUT2D eigenvalue weighted by atomic mass is 9.97. The second-order valence-corrected chi connectivity index (χ2v) is 30.7. The van der Waals surface area contributed by atoms with Crippen molar-refractivity contribution in [2.24, 2.45) is 0 Å². The molecule has 0 aliphatic carbocycles. The lowest BCUT2D eigenvalue weighted by Gasteiger charge is -2.46. The number of unbranched alkanes of at least 4 members (excludes halogenated alkanes) is 55. The highest BCUT2D eigenvalue weighted by atomic mass is 16.7. The van der Waals surface area contributed by atoms with Crippen LogP contribution in [-0.2, 0) is 23.7 Å². The van der Waals surface area contributed by atoms with E-state index in [4.69, 9.17) is 18.9 Å². The van der Waals surface area contributed by atoms with Gasteiger partial charge < -0.3 is 65.1 Å². The summed E-state index contributed by atoms with van der Waals surface area (Å²) in [4.78, 5) is 13.4. The zero-order valence-corrected chi connectivity index (χ0v) is 65.4. The number of amides is 1. The maximum Gasteiger partial charge on any atom is 0.220 e. The van der Waals surface area contributed by atoms with E-state index >= 15 is 0 Å². The van der Waals surface area contributed by atoms with Gasteiger partial charge >= 0.3 is 0 Å². The largest absolute Gasteiger partial charge is 0.394 e. The zero-order chi connectivity index (χ0) is 73.0. The van der Waals surface area contributed by atoms with E-state index in [1.54, 1.807) is 6.08 Å². The summed E-state index contributed by atoms with van der Waals surface area (Å²) >= 11 is 0. The summed E-state index contributed by atoms with van der Waals surface area (Å²) in [7, 11) is 0. The van der Waals surface area contributed by atoms with E-state index in [0.29, 0.717) is 6.42 Å². The minimum Gasteiger partial charge on any atom is -0.394 e. The van der Waals surface area contributed by atoms with Crippen LogP contribution in [0.4, 0.5) is 0 Å². The first-order chi connectivity index (χ1) is 49.6. The van der Waals surface area contributed by atoms with Crippen molar-refractivity contribution in [1.82, 2.24) is 5.32 Å². The number of carbonyl (C=O) groups excluding carboxylic acids is 1. The number of aliphatic hydroxyl groups is 8. The molecule has 2 aliphatic heterocycles.